The van der Waals surface area contributed by atoms with E-state index in [-0.39, 0.29) is 11.4 Å². The molecule has 0 saturated carbocycles. The summed E-state index contributed by atoms with van der Waals surface area (Å²) in [6.07, 6.45) is -0.315. The molecule has 60 valence electrons. The van der Waals surface area contributed by atoms with Gasteiger partial charge in [0.2, 0.25) is 0 Å². The predicted octanol–water partition coefficient (Wildman–Crippen LogP) is 0.580. The van der Waals surface area contributed by atoms with Gasteiger partial charge in [0.1, 0.15) is 0 Å². The van der Waals surface area contributed by atoms with Crippen LogP contribution in [0.3, 0.4) is 0 Å². The molecule has 1 rings (SSSR count). The van der Waals surface area contributed by atoms with Crippen molar-refractivity contribution in [2.24, 2.45) is 0 Å². The van der Waals surface area contributed by atoms with Crippen LogP contribution in [0.15, 0.2) is 4.52 Å². The van der Waals surface area contributed by atoms with Gasteiger partial charge in [0.05, 0.1) is 0 Å². The summed E-state index contributed by atoms with van der Waals surface area (Å²) in [7, 11) is 0. The Kier molecular flexibility index (Phi) is 2.27. The van der Waals surface area contributed by atoms with Crippen LogP contribution < -0.4 is 4.89 Å². The summed E-state index contributed by atoms with van der Waals surface area (Å²) in [5, 5.41) is 3.04. The first-order valence-electron chi connectivity index (χ1n) is 2.53. The normalized spacial score (nSPS) is 9.27. The standard InChI is InChI=1S/C4H3ClN2O4/c1-2(8)10-11-4-6-3(5)7-9-4/h1H3. The van der Waals surface area contributed by atoms with E-state index >= 15 is 0 Å². The van der Waals surface area contributed by atoms with E-state index in [0.717, 1.165) is 6.92 Å². The van der Waals surface area contributed by atoms with Crippen molar-refractivity contribution in [3.05, 3.63) is 5.28 Å². The summed E-state index contributed by atoms with van der Waals surface area (Å²) in [4.78, 5) is 21.8. The van der Waals surface area contributed by atoms with E-state index in [0.29, 0.717) is 0 Å². The van der Waals surface area contributed by atoms with Crippen LogP contribution in [0.1, 0.15) is 6.92 Å². The maximum atomic E-state index is 10.2. The molecule has 0 amide bonds. The lowest BCUT2D eigenvalue weighted by atomic mass is 10.8. The Balaban J connectivity index is 2.45. The molecule has 0 aromatic carbocycles. The Bertz CT molecular complexity index is 260. The summed E-state index contributed by atoms with van der Waals surface area (Å²) >= 11 is 5.24. The van der Waals surface area contributed by atoms with Crippen molar-refractivity contribution in [3.63, 3.8) is 0 Å². The van der Waals surface area contributed by atoms with Gasteiger partial charge in [0, 0.05) is 6.92 Å². The number of hydrogen-bond acceptors (Lipinski definition) is 6. The van der Waals surface area contributed by atoms with Crippen LogP contribution in [-0.2, 0) is 9.68 Å². The first-order chi connectivity index (χ1) is 5.18. The minimum atomic E-state index is -0.626. The Morgan fingerprint density at radius 1 is 1.73 bits per heavy atom. The molecule has 0 radical (unpaired) electrons. The van der Waals surface area contributed by atoms with Crippen molar-refractivity contribution in [2.45, 2.75) is 6.92 Å². The molecular weight excluding hydrogens is 176 g/mol. The lowest BCUT2D eigenvalue weighted by molar-refractivity contribution is -0.221. The van der Waals surface area contributed by atoms with Crippen molar-refractivity contribution < 1.29 is 19.1 Å². The smallest absolute Gasteiger partial charge is 0.293 e. The molecule has 1 heterocycles. The van der Waals surface area contributed by atoms with Gasteiger partial charge in [0.15, 0.2) is 0 Å². The van der Waals surface area contributed by atoms with Crippen LogP contribution in [0.2, 0.25) is 5.28 Å². The molecule has 0 atom stereocenters. The molecule has 11 heavy (non-hydrogen) atoms. The monoisotopic (exact) mass is 178 g/mol. The fourth-order valence-electron chi connectivity index (χ4n) is 0.321. The number of carbonyl (C=O) groups excluding carboxylic acids is 1. The second-order valence-corrected chi connectivity index (χ2v) is 1.83. The third-order valence-electron chi connectivity index (χ3n) is 0.613. The van der Waals surface area contributed by atoms with Gasteiger partial charge in [-0.25, -0.2) is 14.6 Å². The van der Waals surface area contributed by atoms with Gasteiger partial charge in [-0.2, -0.15) is 0 Å². The van der Waals surface area contributed by atoms with Crippen molar-refractivity contribution in [3.8, 4) is 6.08 Å². The van der Waals surface area contributed by atoms with Gasteiger partial charge in [-0.3, -0.25) is 4.52 Å². The van der Waals surface area contributed by atoms with Crippen molar-refractivity contribution in [1.82, 2.24) is 10.1 Å². The third-order valence-corrected chi connectivity index (χ3v) is 0.766. The number of hydrogen-bond donors (Lipinski definition) is 0. The SMILES string of the molecule is CC(=O)OOc1nc(Cl)no1. The molecule has 6 nitrogen and oxygen atoms in total. The minimum Gasteiger partial charge on any atom is -0.293 e. The molecule has 0 saturated heterocycles. The maximum absolute atomic E-state index is 10.2. The first-order valence-corrected chi connectivity index (χ1v) is 2.90. The van der Waals surface area contributed by atoms with Crippen LogP contribution in [0, 0.1) is 0 Å². The minimum absolute atomic E-state index is 0.118. The number of nitrogens with zero attached hydrogens (tertiary/aromatic N) is 2. The van der Waals surface area contributed by atoms with Crippen LogP contribution in [0.5, 0.6) is 6.08 Å². The van der Waals surface area contributed by atoms with Crippen molar-refractivity contribution in [2.75, 3.05) is 0 Å². The zero-order valence-corrected chi connectivity index (χ0v) is 6.16. The number of halogens is 1. The summed E-state index contributed by atoms with van der Waals surface area (Å²) in [6, 6.07) is 0. The summed E-state index contributed by atoms with van der Waals surface area (Å²) < 4.78 is 4.32. The fraction of sp³-hybridized carbons (Fsp3) is 0.250. The summed E-state index contributed by atoms with van der Waals surface area (Å²) in [6.45, 7) is 1.16. The van der Waals surface area contributed by atoms with Gasteiger partial charge in [-0.05, 0) is 16.8 Å². The largest absolute Gasteiger partial charge is 0.462 e. The van der Waals surface area contributed by atoms with Crippen LogP contribution >= 0.6 is 11.6 Å². The topological polar surface area (TPSA) is 74.5 Å². The van der Waals surface area contributed by atoms with E-state index in [1.165, 1.54) is 0 Å². The lowest BCUT2D eigenvalue weighted by Gasteiger charge is -1.92. The highest BCUT2D eigenvalue weighted by atomic mass is 35.5. The zero-order valence-electron chi connectivity index (χ0n) is 5.41. The molecule has 1 aromatic rings. The third kappa shape index (κ3) is 2.42. The molecule has 0 unspecified atom stereocenters. The van der Waals surface area contributed by atoms with E-state index in [1.54, 1.807) is 0 Å². The molecule has 0 bridgehead atoms. The maximum Gasteiger partial charge on any atom is 0.462 e. The highest BCUT2D eigenvalue weighted by Gasteiger charge is 2.06. The van der Waals surface area contributed by atoms with E-state index in [1.807, 2.05) is 0 Å². The zero-order chi connectivity index (χ0) is 8.27. The van der Waals surface area contributed by atoms with Crippen LogP contribution in [0.4, 0.5) is 0 Å². The summed E-state index contributed by atoms with van der Waals surface area (Å²) in [5.41, 5.74) is 0. The lowest BCUT2D eigenvalue weighted by Crippen LogP contribution is -2.02. The van der Waals surface area contributed by atoms with E-state index < -0.39 is 5.97 Å². The van der Waals surface area contributed by atoms with Crippen LogP contribution in [-0.4, -0.2) is 16.1 Å². The van der Waals surface area contributed by atoms with Gasteiger partial charge in [0.25, 0.3) is 5.28 Å². The Morgan fingerprint density at radius 2 is 2.45 bits per heavy atom. The quantitative estimate of drug-likeness (QED) is 0.487. The number of carbonyl (C=O) groups is 1. The van der Waals surface area contributed by atoms with Gasteiger partial charge in [-0.1, -0.05) is 0 Å². The van der Waals surface area contributed by atoms with E-state index in [4.69, 9.17) is 11.6 Å². The molecule has 0 fully saturated rings. The second-order valence-electron chi connectivity index (χ2n) is 1.49. The highest BCUT2D eigenvalue weighted by Crippen LogP contribution is 2.09. The highest BCUT2D eigenvalue weighted by molar-refractivity contribution is 6.28. The average Bonchev–Trinajstić information content (AvgIpc) is 2.31. The van der Waals surface area contributed by atoms with Crippen molar-refractivity contribution >= 4 is 17.6 Å². The van der Waals surface area contributed by atoms with Gasteiger partial charge >= 0.3 is 12.0 Å². The first kappa shape index (κ1) is 7.80. The molecule has 0 aliphatic heterocycles. The number of rotatable bonds is 2. The van der Waals surface area contributed by atoms with Gasteiger partial charge < -0.3 is 0 Å². The molecular formula is C4H3ClN2O4. The fourth-order valence-corrected chi connectivity index (χ4v) is 0.425. The molecule has 0 spiro atoms. The Morgan fingerprint density at radius 3 is 2.91 bits per heavy atom. The molecule has 1 aromatic heterocycles. The summed E-state index contributed by atoms with van der Waals surface area (Å²) in [5.74, 6) is -0.626. The molecule has 0 aliphatic carbocycles. The number of aromatic nitrogens is 2. The predicted molar refractivity (Wildman–Crippen MR) is 31.7 cm³/mol. The molecule has 0 N–H and O–H groups in total. The second kappa shape index (κ2) is 3.20. The Labute approximate surface area is 66.0 Å². The average molecular weight is 179 g/mol. The van der Waals surface area contributed by atoms with E-state index in [9.17, 15) is 4.79 Å². The molecule has 0 aliphatic rings. The Hall–Kier alpha value is -1.30. The van der Waals surface area contributed by atoms with Gasteiger partial charge in [-0.15, -0.1) is 4.98 Å². The van der Waals surface area contributed by atoms with E-state index in [2.05, 4.69) is 24.4 Å². The molecule has 7 heteroatoms. The van der Waals surface area contributed by atoms with Crippen LogP contribution in [0.25, 0.3) is 0 Å². The van der Waals surface area contributed by atoms with Crippen molar-refractivity contribution in [1.29, 1.82) is 0 Å².